The lowest BCUT2D eigenvalue weighted by Crippen LogP contribution is -2.29. The molecule has 0 saturated carbocycles. The van der Waals surface area contributed by atoms with Gasteiger partial charge in [0.1, 0.15) is 13.1 Å². The number of carbonyl (C=O) groups excluding carboxylic acids is 2. The van der Waals surface area contributed by atoms with Crippen molar-refractivity contribution in [2.45, 2.75) is 6.54 Å². The molecule has 3 N–H and O–H groups in total. The molecule has 0 fully saturated rings. The fourth-order valence-corrected chi connectivity index (χ4v) is 0.979. The van der Waals surface area contributed by atoms with Crippen LogP contribution in [0.1, 0.15) is 0 Å². The molecule has 8 nitrogen and oxygen atoms in total. The zero-order chi connectivity index (χ0) is 12.7. The van der Waals surface area contributed by atoms with Crippen LogP contribution in [0.15, 0.2) is 12.4 Å². The number of nitrogen functional groups attached to an aromatic ring is 1. The van der Waals surface area contributed by atoms with Crippen LogP contribution in [0.25, 0.3) is 0 Å². The van der Waals surface area contributed by atoms with E-state index in [2.05, 4.69) is 15.2 Å². The van der Waals surface area contributed by atoms with Crippen molar-refractivity contribution in [1.82, 2.24) is 15.1 Å². The molecule has 8 heteroatoms. The molecule has 0 aliphatic carbocycles. The van der Waals surface area contributed by atoms with Crippen molar-refractivity contribution in [3.8, 4) is 6.07 Å². The molecule has 0 radical (unpaired) electrons. The number of hydrogen-bond donors (Lipinski definition) is 2. The first-order valence-electron chi connectivity index (χ1n) is 4.69. The number of ether oxygens (including phenoxy) is 1. The number of anilines is 1. The Labute approximate surface area is 96.9 Å². The molecule has 0 aromatic carbocycles. The van der Waals surface area contributed by atoms with E-state index in [-0.39, 0.29) is 13.1 Å². The highest BCUT2D eigenvalue weighted by atomic mass is 16.5. The predicted octanol–water partition coefficient (Wildman–Crippen LogP) is -1.35. The van der Waals surface area contributed by atoms with Gasteiger partial charge in [-0.05, 0) is 0 Å². The molecule has 1 aromatic rings. The van der Waals surface area contributed by atoms with Gasteiger partial charge in [-0.3, -0.25) is 14.3 Å². The molecule has 17 heavy (non-hydrogen) atoms. The number of esters is 1. The van der Waals surface area contributed by atoms with E-state index >= 15 is 0 Å². The number of carbonyl (C=O) groups is 2. The Morgan fingerprint density at radius 3 is 3.00 bits per heavy atom. The number of hydrogen-bond acceptors (Lipinski definition) is 6. The number of amides is 1. The second-order valence-electron chi connectivity index (χ2n) is 3.07. The van der Waals surface area contributed by atoms with E-state index in [1.807, 2.05) is 0 Å². The largest absolute Gasteiger partial charge is 0.454 e. The summed E-state index contributed by atoms with van der Waals surface area (Å²) < 4.78 is 5.95. The topological polar surface area (TPSA) is 123 Å². The van der Waals surface area contributed by atoms with E-state index in [0.717, 1.165) is 0 Å². The SMILES string of the molecule is N#CCNC(=O)COC(=O)Cn1cc(N)cn1. The van der Waals surface area contributed by atoms with Crippen LogP contribution in [0.5, 0.6) is 0 Å². The molecule has 90 valence electrons. The Morgan fingerprint density at radius 2 is 2.41 bits per heavy atom. The maximum Gasteiger partial charge on any atom is 0.328 e. The quantitative estimate of drug-likeness (QED) is 0.482. The molecule has 0 unspecified atom stereocenters. The predicted molar refractivity (Wildman–Crippen MR) is 56.2 cm³/mol. The van der Waals surface area contributed by atoms with Crippen molar-refractivity contribution in [3.05, 3.63) is 12.4 Å². The van der Waals surface area contributed by atoms with Crippen molar-refractivity contribution in [2.75, 3.05) is 18.9 Å². The van der Waals surface area contributed by atoms with E-state index in [9.17, 15) is 9.59 Å². The Hall–Kier alpha value is -2.56. The minimum Gasteiger partial charge on any atom is -0.454 e. The van der Waals surface area contributed by atoms with Gasteiger partial charge in [0.05, 0.1) is 18.0 Å². The monoisotopic (exact) mass is 237 g/mol. The Kier molecular flexibility index (Phi) is 4.50. The Balaban J connectivity index is 2.26. The molecular formula is C9H11N5O3. The molecular weight excluding hydrogens is 226 g/mol. The lowest BCUT2D eigenvalue weighted by Gasteiger charge is -2.04. The van der Waals surface area contributed by atoms with Crippen LogP contribution in [-0.4, -0.2) is 34.8 Å². The Morgan fingerprint density at radius 1 is 1.65 bits per heavy atom. The van der Waals surface area contributed by atoms with Crippen molar-refractivity contribution in [1.29, 1.82) is 5.26 Å². The van der Waals surface area contributed by atoms with E-state index in [0.29, 0.717) is 5.69 Å². The highest BCUT2D eigenvalue weighted by molar-refractivity contribution is 5.80. The number of rotatable bonds is 5. The van der Waals surface area contributed by atoms with Crippen LogP contribution in [-0.2, 0) is 20.9 Å². The maximum atomic E-state index is 11.2. The Bertz CT molecular complexity index is 448. The molecule has 0 saturated heterocycles. The number of nitrogens with two attached hydrogens (primary N) is 1. The fraction of sp³-hybridized carbons (Fsp3) is 0.333. The van der Waals surface area contributed by atoms with Gasteiger partial charge in [-0.2, -0.15) is 10.4 Å². The molecule has 0 bridgehead atoms. The third kappa shape index (κ3) is 4.65. The van der Waals surface area contributed by atoms with Gasteiger partial charge in [0.15, 0.2) is 6.61 Å². The van der Waals surface area contributed by atoms with Crippen molar-refractivity contribution < 1.29 is 14.3 Å². The van der Waals surface area contributed by atoms with Crippen LogP contribution >= 0.6 is 0 Å². The molecule has 0 spiro atoms. The average molecular weight is 237 g/mol. The lowest BCUT2D eigenvalue weighted by atomic mass is 10.5. The van der Waals surface area contributed by atoms with Crippen LogP contribution in [0, 0.1) is 11.3 Å². The molecule has 1 rings (SSSR count). The standard InChI is InChI=1S/C9H11N5O3/c10-1-2-12-8(15)6-17-9(16)5-14-4-7(11)3-13-14/h3-4H,2,5-6,11H2,(H,12,15). The first-order valence-corrected chi connectivity index (χ1v) is 4.69. The molecule has 1 aromatic heterocycles. The zero-order valence-electron chi connectivity index (χ0n) is 8.92. The van der Waals surface area contributed by atoms with Gasteiger partial charge in [-0.15, -0.1) is 0 Å². The van der Waals surface area contributed by atoms with Gasteiger partial charge in [0.2, 0.25) is 0 Å². The van der Waals surface area contributed by atoms with E-state index in [4.69, 9.17) is 11.0 Å². The third-order valence-electron chi connectivity index (χ3n) is 1.67. The highest BCUT2D eigenvalue weighted by Gasteiger charge is 2.08. The summed E-state index contributed by atoms with van der Waals surface area (Å²) in [5.74, 6) is -1.14. The van der Waals surface area contributed by atoms with Crippen LogP contribution < -0.4 is 11.1 Å². The second-order valence-corrected chi connectivity index (χ2v) is 3.07. The van der Waals surface area contributed by atoms with Crippen molar-refractivity contribution in [3.63, 3.8) is 0 Å². The molecule has 0 atom stereocenters. The average Bonchev–Trinajstić information content (AvgIpc) is 2.69. The normalized spacial score (nSPS) is 9.35. The minimum absolute atomic E-state index is 0.119. The van der Waals surface area contributed by atoms with E-state index < -0.39 is 18.5 Å². The van der Waals surface area contributed by atoms with E-state index in [1.165, 1.54) is 17.1 Å². The van der Waals surface area contributed by atoms with Gasteiger partial charge < -0.3 is 15.8 Å². The van der Waals surface area contributed by atoms with Crippen LogP contribution in [0.2, 0.25) is 0 Å². The number of aromatic nitrogens is 2. The summed E-state index contributed by atoms with van der Waals surface area (Å²) in [5, 5.41) is 14.2. The molecule has 1 heterocycles. The third-order valence-corrected chi connectivity index (χ3v) is 1.67. The summed E-state index contributed by atoms with van der Waals surface area (Å²) >= 11 is 0. The first kappa shape index (κ1) is 12.5. The number of nitrogens with zero attached hydrogens (tertiary/aromatic N) is 3. The molecule has 0 aliphatic rings. The van der Waals surface area contributed by atoms with Gasteiger partial charge >= 0.3 is 5.97 Å². The summed E-state index contributed by atoms with van der Waals surface area (Å²) in [6.45, 7) is -0.661. The summed E-state index contributed by atoms with van der Waals surface area (Å²) in [7, 11) is 0. The number of nitriles is 1. The van der Waals surface area contributed by atoms with E-state index in [1.54, 1.807) is 6.07 Å². The second kappa shape index (κ2) is 6.12. The number of nitrogens with one attached hydrogen (secondary N) is 1. The summed E-state index contributed by atoms with van der Waals surface area (Å²) in [6, 6.07) is 1.73. The summed E-state index contributed by atoms with van der Waals surface area (Å²) in [4.78, 5) is 22.2. The fourth-order valence-electron chi connectivity index (χ4n) is 0.979. The summed E-state index contributed by atoms with van der Waals surface area (Å²) in [5.41, 5.74) is 5.84. The molecule has 0 aliphatic heterocycles. The smallest absolute Gasteiger partial charge is 0.328 e. The zero-order valence-corrected chi connectivity index (χ0v) is 8.92. The van der Waals surface area contributed by atoms with Crippen molar-refractivity contribution >= 4 is 17.6 Å². The minimum atomic E-state index is -0.611. The van der Waals surface area contributed by atoms with Crippen molar-refractivity contribution in [2.24, 2.45) is 0 Å². The maximum absolute atomic E-state index is 11.2. The lowest BCUT2D eigenvalue weighted by molar-refractivity contribution is -0.149. The molecule has 1 amide bonds. The van der Waals surface area contributed by atoms with Gasteiger partial charge in [-0.25, -0.2) is 0 Å². The van der Waals surface area contributed by atoms with Crippen LogP contribution in [0.4, 0.5) is 5.69 Å². The van der Waals surface area contributed by atoms with Gasteiger partial charge in [-0.1, -0.05) is 0 Å². The van der Waals surface area contributed by atoms with Gasteiger partial charge in [0, 0.05) is 6.20 Å². The first-order chi connectivity index (χ1) is 8.11. The highest BCUT2D eigenvalue weighted by Crippen LogP contribution is 1.97. The van der Waals surface area contributed by atoms with Crippen LogP contribution in [0.3, 0.4) is 0 Å². The van der Waals surface area contributed by atoms with Gasteiger partial charge in [0.25, 0.3) is 5.91 Å². The summed E-state index contributed by atoms with van der Waals surface area (Å²) in [6.07, 6.45) is 2.86.